The SMILES string of the molecule is COC(=O)NC1(F)CCNC1. The minimum absolute atomic E-state index is 0.155. The highest BCUT2D eigenvalue weighted by Crippen LogP contribution is 2.15. The number of hydrogen-bond acceptors (Lipinski definition) is 3. The number of ether oxygens (including phenoxy) is 1. The Balaban J connectivity index is 2.39. The van der Waals surface area contributed by atoms with E-state index in [1.807, 2.05) is 0 Å². The zero-order valence-corrected chi connectivity index (χ0v) is 6.32. The molecular formula is C6H11FN2O2. The van der Waals surface area contributed by atoms with E-state index in [9.17, 15) is 9.18 Å². The van der Waals surface area contributed by atoms with E-state index < -0.39 is 11.9 Å². The number of amides is 1. The van der Waals surface area contributed by atoms with Crippen molar-refractivity contribution in [3.05, 3.63) is 0 Å². The van der Waals surface area contributed by atoms with Crippen LogP contribution >= 0.6 is 0 Å². The molecule has 2 N–H and O–H groups in total. The molecule has 0 bridgehead atoms. The van der Waals surface area contributed by atoms with Crippen LogP contribution in [-0.4, -0.2) is 32.1 Å². The van der Waals surface area contributed by atoms with Gasteiger partial charge in [-0.25, -0.2) is 9.18 Å². The highest BCUT2D eigenvalue weighted by atomic mass is 19.1. The molecule has 0 spiro atoms. The van der Waals surface area contributed by atoms with Crippen LogP contribution in [0.15, 0.2) is 0 Å². The van der Waals surface area contributed by atoms with Crippen molar-refractivity contribution in [2.45, 2.75) is 12.2 Å². The first-order valence-corrected chi connectivity index (χ1v) is 3.42. The van der Waals surface area contributed by atoms with E-state index in [0.29, 0.717) is 13.0 Å². The largest absolute Gasteiger partial charge is 0.453 e. The number of nitrogens with one attached hydrogen (secondary N) is 2. The van der Waals surface area contributed by atoms with Crippen molar-refractivity contribution in [3.8, 4) is 0 Å². The summed E-state index contributed by atoms with van der Waals surface area (Å²) < 4.78 is 17.5. The molecule has 1 amide bonds. The minimum Gasteiger partial charge on any atom is -0.453 e. The smallest absolute Gasteiger partial charge is 0.409 e. The zero-order chi connectivity index (χ0) is 8.32. The maximum Gasteiger partial charge on any atom is 0.409 e. The molecule has 1 saturated heterocycles. The van der Waals surface area contributed by atoms with Gasteiger partial charge in [-0.2, -0.15) is 0 Å². The average molecular weight is 162 g/mol. The van der Waals surface area contributed by atoms with Crippen LogP contribution in [0.4, 0.5) is 9.18 Å². The van der Waals surface area contributed by atoms with Crippen molar-refractivity contribution in [2.75, 3.05) is 20.2 Å². The molecule has 1 aliphatic heterocycles. The van der Waals surface area contributed by atoms with E-state index >= 15 is 0 Å². The van der Waals surface area contributed by atoms with Gasteiger partial charge in [0, 0.05) is 19.5 Å². The van der Waals surface area contributed by atoms with Gasteiger partial charge in [0.25, 0.3) is 0 Å². The Morgan fingerprint density at radius 1 is 1.82 bits per heavy atom. The fourth-order valence-corrected chi connectivity index (χ4v) is 1.00. The summed E-state index contributed by atoms with van der Waals surface area (Å²) in [6.45, 7) is 0.739. The van der Waals surface area contributed by atoms with Gasteiger partial charge in [-0.3, -0.25) is 5.32 Å². The maximum absolute atomic E-state index is 13.3. The average Bonchev–Trinajstić information content (AvgIpc) is 2.36. The van der Waals surface area contributed by atoms with Gasteiger partial charge in [-0.1, -0.05) is 0 Å². The van der Waals surface area contributed by atoms with E-state index in [-0.39, 0.29) is 6.54 Å². The van der Waals surface area contributed by atoms with Gasteiger partial charge < -0.3 is 10.1 Å². The lowest BCUT2D eigenvalue weighted by Crippen LogP contribution is -2.46. The lowest BCUT2D eigenvalue weighted by molar-refractivity contribution is 0.108. The second kappa shape index (κ2) is 3.04. The molecule has 1 unspecified atom stereocenters. The van der Waals surface area contributed by atoms with Gasteiger partial charge in [-0.05, 0) is 0 Å². The lowest BCUT2D eigenvalue weighted by atomic mass is 10.2. The van der Waals surface area contributed by atoms with Crippen LogP contribution in [0, 0.1) is 0 Å². The molecule has 1 aliphatic rings. The monoisotopic (exact) mass is 162 g/mol. The molecule has 0 aromatic carbocycles. The normalized spacial score (nSPS) is 30.0. The first-order valence-electron chi connectivity index (χ1n) is 3.42. The summed E-state index contributed by atoms with van der Waals surface area (Å²) in [5.74, 6) is -1.62. The van der Waals surface area contributed by atoms with Crippen LogP contribution in [-0.2, 0) is 4.74 Å². The van der Waals surface area contributed by atoms with Gasteiger partial charge in [0.15, 0.2) is 5.79 Å². The van der Waals surface area contributed by atoms with Crippen LogP contribution in [0.25, 0.3) is 0 Å². The van der Waals surface area contributed by atoms with E-state index in [0.717, 1.165) is 0 Å². The Morgan fingerprint density at radius 2 is 2.55 bits per heavy atom. The minimum atomic E-state index is -1.62. The number of alkyl halides is 1. The first-order chi connectivity index (χ1) is 5.16. The Hall–Kier alpha value is -0.840. The molecule has 5 heteroatoms. The molecule has 0 saturated carbocycles. The van der Waals surface area contributed by atoms with Gasteiger partial charge in [0.1, 0.15) is 0 Å². The molecule has 0 aromatic rings. The summed E-state index contributed by atoms with van der Waals surface area (Å²) >= 11 is 0. The number of methoxy groups -OCH3 is 1. The summed E-state index contributed by atoms with van der Waals surface area (Å²) in [5.41, 5.74) is 0. The highest BCUT2D eigenvalue weighted by Gasteiger charge is 2.35. The van der Waals surface area contributed by atoms with E-state index in [4.69, 9.17) is 0 Å². The Bertz CT molecular complexity index is 157. The maximum atomic E-state index is 13.3. The lowest BCUT2D eigenvalue weighted by Gasteiger charge is -2.18. The quantitative estimate of drug-likeness (QED) is 0.534. The van der Waals surface area contributed by atoms with Crippen molar-refractivity contribution in [3.63, 3.8) is 0 Å². The zero-order valence-electron chi connectivity index (χ0n) is 6.32. The predicted octanol–water partition coefficient (Wildman–Crippen LogP) is 0.00150. The number of carbonyl (C=O) groups is 1. The van der Waals surface area contributed by atoms with Crippen LogP contribution < -0.4 is 10.6 Å². The molecule has 0 aliphatic carbocycles. The molecule has 0 radical (unpaired) electrons. The molecule has 4 nitrogen and oxygen atoms in total. The van der Waals surface area contributed by atoms with E-state index in [2.05, 4.69) is 15.4 Å². The first kappa shape index (κ1) is 8.26. The number of hydrogen-bond donors (Lipinski definition) is 2. The summed E-state index contributed by atoms with van der Waals surface area (Å²) in [6, 6.07) is 0. The Labute approximate surface area is 64.1 Å². The van der Waals surface area contributed by atoms with Gasteiger partial charge in [0.05, 0.1) is 7.11 Å². The van der Waals surface area contributed by atoms with Crippen molar-refractivity contribution in [1.29, 1.82) is 0 Å². The van der Waals surface area contributed by atoms with Gasteiger partial charge in [-0.15, -0.1) is 0 Å². The highest BCUT2D eigenvalue weighted by molar-refractivity contribution is 5.67. The van der Waals surface area contributed by atoms with Crippen molar-refractivity contribution in [2.24, 2.45) is 0 Å². The number of rotatable bonds is 1. The van der Waals surface area contributed by atoms with Crippen molar-refractivity contribution < 1.29 is 13.9 Å². The van der Waals surface area contributed by atoms with E-state index in [1.54, 1.807) is 0 Å². The molecular weight excluding hydrogens is 151 g/mol. The van der Waals surface area contributed by atoms with Crippen LogP contribution in [0.2, 0.25) is 0 Å². The van der Waals surface area contributed by atoms with Gasteiger partial charge >= 0.3 is 6.09 Å². The standard InChI is InChI=1S/C6H11FN2O2/c1-11-5(10)9-6(7)2-3-8-4-6/h8H,2-4H2,1H3,(H,9,10). The summed E-state index contributed by atoms with van der Waals surface area (Å²) in [6.07, 6.45) is -0.432. The molecule has 1 rings (SSSR count). The summed E-state index contributed by atoms with van der Waals surface area (Å²) in [4.78, 5) is 10.6. The molecule has 11 heavy (non-hydrogen) atoms. The summed E-state index contributed by atoms with van der Waals surface area (Å²) in [7, 11) is 1.21. The van der Waals surface area contributed by atoms with Crippen LogP contribution in [0.5, 0.6) is 0 Å². The van der Waals surface area contributed by atoms with Gasteiger partial charge in [0.2, 0.25) is 0 Å². The van der Waals surface area contributed by atoms with Crippen molar-refractivity contribution >= 4 is 6.09 Å². The molecule has 1 atom stereocenters. The third kappa shape index (κ3) is 2.04. The molecule has 1 fully saturated rings. The van der Waals surface area contributed by atoms with Crippen molar-refractivity contribution in [1.82, 2.24) is 10.6 Å². The second-order valence-electron chi connectivity index (χ2n) is 2.51. The fraction of sp³-hybridized carbons (Fsp3) is 0.833. The second-order valence-corrected chi connectivity index (χ2v) is 2.51. The fourth-order valence-electron chi connectivity index (χ4n) is 1.00. The number of halogens is 1. The molecule has 0 aromatic heterocycles. The number of carbonyl (C=O) groups excluding carboxylic acids is 1. The summed E-state index contributed by atoms with van der Waals surface area (Å²) in [5, 5.41) is 4.91. The van der Waals surface area contributed by atoms with E-state index in [1.165, 1.54) is 7.11 Å². The van der Waals surface area contributed by atoms with Crippen LogP contribution in [0.3, 0.4) is 0 Å². The predicted molar refractivity (Wildman–Crippen MR) is 36.9 cm³/mol. The third-order valence-electron chi connectivity index (χ3n) is 1.61. The molecule has 64 valence electrons. The number of alkyl carbamates (subject to hydrolysis) is 1. The van der Waals surface area contributed by atoms with Crippen LogP contribution in [0.1, 0.15) is 6.42 Å². The Kier molecular flexibility index (Phi) is 2.28. The third-order valence-corrected chi connectivity index (χ3v) is 1.61. The molecule has 1 heterocycles. The Morgan fingerprint density at radius 3 is 3.00 bits per heavy atom. The topological polar surface area (TPSA) is 50.4 Å².